The van der Waals surface area contributed by atoms with Crippen molar-refractivity contribution in [1.29, 1.82) is 0 Å². The summed E-state index contributed by atoms with van der Waals surface area (Å²) in [5, 5.41) is 0. The van der Waals surface area contributed by atoms with E-state index in [-0.39, 0.29) is 5.97 Å². The normalized spacial score (nSPS) is 12.0. The third-order valence-electron chi connectivity index (χ3n) is 2.57. The van der Waals surface area contributed by atoms with Crippen LogP contribution in [0, 0.1) is 13.8 Å². The van der Waals surface area contributed by atoms with Crippen LogP contribution in [0.5, 0.6) is 5.75 Å². The number of rotatable bonds is 6. The molecule has 1 aromatic carbocycles. The van der Waals surface area contributed by atoms with Crippen molar-refractivity contribution in [2.45, 2.75) is 46.6 Å². The fraction of sp³-hybridized carbons (Fsp3) is 0.533. The number of hydrogen-bond donors (Lipinski definition) is 0. The monoisotopic (exact) mass is 250 g/mol. The Morgan fingerprint density at radius 1 is 1.17 bits per heavy atom. The molecule has 1 atom stereocenters. The summed E-state index contributed by atoms with van der Waals surface area (Å²) >= 11 is 0. The third kappa shape index (κ3) is 4.40. The highest BCUT2D eigenvalue weighted by atomic mass is 16.6. The van der Waals surface area contributed by atoms with Crippen molar-refractivity contribution in [2.75, 3.05) is 6.61 Å². The Morgan fingerprint density at radius 2 is 1.78 bits per heavy atom. The number of hydrogen-bond acceptors (Lipinski definition) is 3. The van der Waals surface area contributed by atoms with Gasteiger partial charge in [0.15, 0.2) is 6.10 Å². The molecule has 0 bridgehead atoms. The quantitative estimate of drug-likeness (QED) is 0.726. The van der Waals surface area contributed by atoms with Crippen LogP contribution in [-0.4, -0.2) is 18.7 Å². The molecule has 0 aromatic heterocycles. The van der Waals surface area contributed by atoms with E-state index in [0.29, 0.717) is 13.0 Å². The highest BCUT2D eigenvalue weighted by Gasteiger charge is 2.20. The van der Waals surface area contributed by atoms with E-state index in [9.17, 15) is 4.79 Å². The van der Waals surface area contributed by atoms with Crippen LogP contribution in [0.3, 0.4) is 0 Å². The van der Waals surface area contributed by atoms with Gasteiger partial charge in [-0.25, -0.2) is 4.79 Å². The Bertz CT molecular complexity index is 378. The number of ether oxygens (including phenoxy) is 2. The van der Waals surface area contributed by atoms with Crippen LogP contribution < -0.4 is 4.74 Å². The molecule has 0 spiro atoms. The molecule has 0 saturated carbocycles. The molecule has 1 rings (SSSR count). The van der Waals surface area contributed by atoms with Gasteiger partial charge >= 0.3 is 5.97 Å². The second-order valence-electron chi connectivity index (χ2n) is 4.47. The molecule has 100 valence electrons. The molecule has 1 aromatic rings. The molecule has 0 N–H and O–H groups in total. The predicted molar refractivity (Wildman–Crippen MR) is 71.9 cm³/mol. The molecule has 0 heterocycles. The fourth-order valence-electron chi connectivity index (χ4n) is 1.89. The first-order valence-electron chi connectivity index (χ1n) is 6.48. The molecule has 0 aliphatic carbocycles. The Balaban J connectivity index is 2.78. The molecular formula is C15H22O3. The van der Waals surface area contributed by atoms with E-state index in [4.69, 9.17) is 9.47 Å². The van der Waals surface area contributed by atoms with Crippen LogP contribution in [0.15, 0.2) is 18.2 Å². The van der Waals surface area contributed by atoms with Crippen molar-refractivity contribution in [3.8, 4) is 5.75 Å². The molecule has 3 heteroatoms. The van der Waals surface area contributed by atoms with E-state index in [1.165, 1.54) is 0 Å². The first-order chi connectivity index (χ1) is 8.56. The van der Waals surface area contributed by atoms with Gasteiger partial charge in [0.1, 0.15) is 5.75 Å². The second kappa shape index (κ2) is 7.04. The van der Waals surface area contributed by atoms with Crippen molar-refractivity contribution >= 4 is 5.97 Å². The summed E-state index contributed by atoms with van der Waals surface area (Å²) in [5.41, 5.74) is 2.26. The molecule has 0 radical (unpaired) electrons. The summed E-state index contributed by atoms with van der Waals surface area (Å²) in [4.78, 5) is 11.8. The summed E-state index contributed by atoms with van der Waals surface area (Å²) in [6, 6.07) is 5.95. The minimum absolute atomic E-state index is 0.279. The Hall–Kier alpha value is -1.51. The number of carbonyl (C=O) groups excluding carboxylic acids is 1. The molecule has 0 aliphatic rings. The zero-order valence-electron chi connectivity index (χ0n) is 11.7. The van der Waals surface area contributed by atoms with Crippen molar-refractivity contribution in [2.24, 2.45) is 0 Å². The average Bonchev–Trinajstić information content (AvgIpc) is 2.27. The van der Waals surface area contributed by atoms with Crippen molar-refractivity contribution in [3.63, 3.8) is 0 Å². The second-order valence-corrected chi connectivity index (χ2v) is 4.47. The molecule has 0 aliphatic heterocycles. The summed E-state index contributed by atoms with van der Waals surface area (Å²) < 4.78 is 10.8. The maximum absolute atomic E-state index is 11.8. The van der Waals surface area contributed by atoms with Gasteiger partial charge in [0.25, 0.3) is 0 Å². The van der Waals surface area contributed by atoms with Crippen LogP contribution in [0.1, 0.15) is 37.8 Å². The van der Waals surface area contributed by atoms with E-state index >= 15 is 0 Å². The van der Waals surface area contributed by atoms with Crippen LogP contribution in [0.25, 0.3) is 0 Å². The molecule has 18 heavy (non-hydrogen) atoms. The number of benzene rings is 1. The summed E-state index contributed by atoms with van der Waals surface area (Å²) in [5.74, 6) is 0.456. The lowest BCUT2D eigenvalue weighted by Gasteiger charge is -2.17. The molecule has 0 saturated heterocycles. The maximum atomic E-state index is 11.8. The summed E-state index contributed by atoms with van der Waals surface area (Å²) in [7, 11) is 0. The Morgan fingerprint density at radius 3 is 2.28 bits per heavy atom. The van der Waals surface area contributed by atoms with Crippen LogP contribution in [0.4, 0.5) is 0 Å². The van der Waals surface area contributed by atoms with Gasteiger partial charge in [-0.05, 0) is 50.5 Å². The SMILES string of the molecule is CCCC(Oc1cc(C)cc(C)c1)C(=O)OCC. The minimum atomic E-state index is -0.504. The average molecular weight is 250 g/mol. The topological polar surface area (TPSA) is 35.5 Å². The third-order valence-corrected chi connectivity index (χ3v) is 2.57. The van der Waals surface area contributed by atoms with Gasteiger partial charge in [-0.1, -0.05) is 19.4 Å². The predicted octanol–water partition coefficient (Wildman–Crippen LogP) is 3.41. The number of aryl methyl sites for hydroxylation is 2. The van der Waals surface area contributed by atoms with Gasteiger partial charge in [0, 0.05) is 0 Å². The van der Waals surface area contributed by atoms with Crippen LogP contribution >= 0.6 is 0 Å². The van der Waals surface area contributed by atoms with E-state index in [0.717, 1.165) is 23.3 Å². The van der Waals surface area contributed by atoms with Gasteiger partial charge in [-0.2, -0.15) is 0 Å². The smallest absolute Gasteiger partial charge is 0.347 e. The van der Waals surface area contributed by atoms with E-state index < -0.39 is 6.10 Å². The lowest BCUT2D eigenvalue weighted by molar-refractivity contribution is -0.151. The highest BCUT2D eigenvalue weighted by molar-refractivity contribution is 5.75. The van der Waals surface area contributed by atoms with Gasteiger partial charge in [-0.15, -0.1) is 0 Å². The van der Waals surface area contributed by atoms with Gasteiger partial charge in [0.05, 0.1) is 6.61 Å². The van der Waals surface area contributed by atoms with E-state index in [1.807, 2.05) is 32.9 Å². The first kappa shape index (κ1) is 14.6. The molecule has 1 unspecified atom stereocenters. The van der Waals surface area contributed by atoms with Gasteiger partial charge in [0.2, 0.25) is 0 Å². The fourth-order valence-corrected chi connectivity index (χ4v) is 1.89. The number of esters is 1. The van der Waals surface area contributed by atoms with E-state index in [1.54, 1.807) is 6.92 Å². The molecule has 0 fully saturated rings. The van der Waals surface area contributed by atoms with Crippen molar-refractivity contribution < 1.29 is 14.3 Å². The van der Waals surface area contributed by atoms with Gasteiger partial charge < -0.3 is 9.47 Å². The summed E-state index contributed by atoms with van der Waals surface area (Å²) in [6.07, 6.45) is 1.05. The highest BCUT2D eigenvalue weighted by Crippen LogP contribution is 2.19. The van der Waals surface area contributed by atoms with Gasteiger partial charge in [-0.3, -0.25) is 0 Å². The van der Waals surface area contributed by atoms with Crippen LogP contribution in [-0.2, 0) is 9.53 Å². The lowest BCUT2D eigenvalue weighted by Crippen LogP contribution is -2.29. The van der Waals surface area contributed by atoms with Crippen LogP contribution in [0.2, 0.25) is 0 Å². The standard InChI is InChI=1S/C15H22O3/c1-5-7-14(15(16)17-6-2)18-13-9-11(3)8-12(4)10-13/h8-10,14H,5-7H2,1-4H3. The zero-order valence-corrected chi connectivity index (χ0v) is 11.7. The zero-order chi connectivity index (χ0) is 13.5. The Labute approximate surface area is 109 Å². The first-order valence-corrected chi connectivity index (χ1v) is 6.48. The van der Waals surface area contributed by atoms with E-state index in [2.05, 4.69) is 6.07 Å². The molecule has 3 nitrogen and oxygen atoms in total. The van der Waals surface area contributed by atoms with Crippen molar-refractivity contribution in [1.82, 2.24) is 0 Å². The maximum Gasteiger partial charge on any atom is 0.347 e. The van der Waals surface area contributed by atoms with Crippen molar-refractivity contribution in [3.05, 3.63) is 29.3 Å². The largest absolute Gasteiger partial charge is 0.479 e. The minimum Gasteiger partial charge on any atom is -0.479 e. The number of carbonyl (C=O) groups is 1. The lowest BCUT2D eigenvalue weighted by atomic mass is 10.1. The summed E-state index contributed by atoms with van der Waals surface area (Å²) in [6.45, 7) is 8.24. The molecule has 0 amide bonds. The molecular weight excluding hydrogens is 228 g/mol. The Kier molecular flexibility index (Phi) is 5.69.